The Kier molecular flexibility index (Phi) is 6.16. The average Bonchev–Trinajstić information content (AvgIpc) is 3.51. The molecule has 0 bridgehead atoms. The van der Waals surface area contributed by atoms with Crippen molar-refractivity contribution in [2.24, 2.45) is 0 Å². The molecule has 6 rings (SSSR count). The van der Waals surface area contributed by atoms with Crippen molar-refractivity contribution < 1.29 is 14.3 Å². The lowest BCUT2D eigenvalue weighted by molar-refractivity contribution is 0.194. The molecule has 0 saturated heterocycles. The maximum atomic E-state index is 14.1. The third-order valence-corrected chi connectivity index (χ3v) is 8.82. The number of urea groups is 1. The van der Waals surface area contributed by atoms with Gasteiger partial charge in [-0.15, -0.1) is 11.3 Å². The van der Waals surface area contributed by atoms with Gasteiger partial charge in [0.05, 0.1) is 38.2 Å². The standard InChI is InChI=1S/C30H31N3O3S/c1-19-10-12-20(13-11-19)28-25-8-6-16-32(25)29-23(22-7-4-5-9-27(22)37-29)18-33(28)30(34)31-24-15-14-21(35-2)17-26(24)36-3/h6,8,10-17,28H,4-5,7,9,18H2,1-3H3,(H,31,34). The van der Waals surface area contributed by atoms with Crippen molar-refractivity contribution in [3.8, 4) is 16.5 Å². The highest BCUT2D eigenvalue weighted by atomic mass is 32.1. The Bertz CT molecular complexity index is 1450. The smallest absolute Gasteiger partial charge is 0.323 e. The van der Waals surface area contributed by atoms with Gasteiger partial charge in [0.25, 0.3) is 0 Å². The van der Waals surface area contributed by atoms with Gasteiger partial charge in [-0.05, 0) is 68.0 Å². The molecule has 3 heterocycles. The summed E-state index contributed by atoms with van der Waals surface area (Å²) in [4.78, 5) is 17.6. The molecule has 0 radical (unpaired) electrons. The van der Waals surface area contributed by atoms with Crippen LogP contribution in [0.2, 0.25) is 0 Å². The van der Waals surface area contributed by atoms with Crippen molar-refractivity contribution >= 4 is 23.1 Å². The molecule has 1 atom stereocenters. The molecule has 2 aliphatic rings. The third kappa shape index (κ3) is 4.17. The number of carbonyl (C=O) groups excluding carboxylic acids is 1. The van der Waals surface area contributed by atoms with Crippen LogP contribution in [-0.4, -0.2) is 29.7 Å². The third-order valence-electron chi connectivity index (χ3n) is 7.48. The first-order valence-electron chi connectivity index (χ1n) is 12.7. The molecule has 1 unspecified atom stereocenters. The second-order valence-electron chi connectivity index (χ2n) is 9.74. The number of benzene rings is 2. The van der Waals surface area contributed by atoms with Crippen LogP contribution in [0.4, 0.5) is 10.5 Å². The fraction of sp³-hybridized carbons (Fsp3) is 0.300. The van der Waals surface area contributed by atoms with Gasteiger partial charge in [-0.1, -0.05) is 29.8 Å². The first-order chi connectivity index (χ1) is 18.1. The van der Waals surface area contributed by atoms with E-state index >= 15 is 0 Å². The van der Waals surface area contributed by atoms with Crippen LogP contribution in [0, 0.1) is 6.92 Å². The van der Waals surface area contributed by atoms with Gasteiger partial charge in [-0.3, -0.25) is 0 Å². The van der Waals surface area contributed by atoms with Crippen LogP contribution in [-0.2, 0) is 19.4 Å². The number of hydrogen-bond acceptors (Lipinski definition) is 4. The predicted molar refractivity (Wildman–Crippen MR) is 147 cm³/mol. The van der Waals surface area contributed by atoms with E-state index in [4.69, 9.17) is 9.47 Å². The van der Waals surface area contributed by atoms with E-state index in [1.165, 1.54) is 39.4 Å². The second-order valence-corrected chi connectivity index (χ2v) is 10.8. The Morgan fingerprint density at radius 3 is 2.59 bits per heavy atom. The van der Waals surface area contributed by atoms with Gasteiger partial charge in [-0.2, -0.15) is 0 Å². The first kappa shape index (κ1) is 23.7. The minimum absolute atomic E-state index is 0.162. The van der Waals surface area contributed by atoms with E-state index in [2.05, 4.69) is 59.4 Å². The number of nitrogens with one attached hydrogen (secondary N) is 1. The van der Waals surface area contributed by atoms with Gasteiger partial charge < -0.3 is 24.3 Å². The van der Waals surface area contributed by atoms with Crippen molar-refractivity contribution in [3.63, 3.8) is 0 Å². The molecular formula is C30H31N3O3S. The summed E-state index contributed by atoms with van der Waals surface area (Å²) in [5.74, 6) is 1.24. The van der Waals surface area contributed by atoms with Crippen LogP contribution in [0.5, 0.6) is 11.5 Å². The molecule has 2 aromatic carbocycles. The Morgan fingerprint density at radius 1 is 1.00 bits per heavy atom. The number of methoxy groups -OCH3 is 2. The normalized spacial score (nSPS) is 16.3. The number of amides is 2. The lowest BCUT2D eigenvalue weighted by atomic mass is 9.95. The van der Waals surface area contributed by atoms with Crippen molar-refractivity contribution in [2.45, 2.75) is 45.2 Å². The summed E-state index contributed by atoms with van der Waals surface area (Å²) in [5.41, 5.74) is 6.71. The topological polar surface area (TPSA) is 55.7 Å². The molecule has 0 fully saturated rings. The monoisotopic (exact) mass is 513 g/mol. The molecule has 1 aliphatic heterocycles. The molecule has 190 valence electrons. The fourth-order valence-corrected chi connectivity index (χ4v) is 6.98. The maximum Gasteiger partial charge on any atom is 0.323 e. The largest absolute Gasteiger partial charge is 0.497 e. The number of anilines is 1. The van der Waals surface area contributed by atoms with E-state index < -0.39 is 0 Å². The van der Waals surface area contributed by atoms with E-state index in [-0.39, 0.29) is 12.1 Å². The summed E-state index contributed by atoms with van der Waals surface area (Å²) in [6.07, 6.45) is 6.78. The number of hydrogen-bond donors (Lipinski definition) is 1. The number of rotatable bonds is 4. The van der Waals surface area contributed by atoms with E-state index in [0.29, 0.717) is 23.7 Å². The molecule has 37 heavy (non-hydrogen) atoms. The van der Waals surface area contributed by atoms with Crippen LogP contribution in [0.1, 0.15) is 51.7 Å². The fourth-order valence-electron chi connectivity index (χ4n) is 5.57. The van der Waals surface area contributed by atoms with Gasteiger partial charge in [0, 0.05) is 22.7 Å². The number of thiophene rings is 1. The molecule has 1 aliphatic carbocycles. The molecule has 7 heteroatoms. The summed E-state index contributed by atoms with van der Waals surface area (Å²) >= 11 is 1.90. The maximum absolute atomic E-state index is 14.1. The van der Waals surface area contributed by atoms with Crippen molar-refractivity contribution in [1.29, 1.82) is 0 Å². The highest BCUT2D eigenvalue weighted by molar-refractivity contribution is 7.15. The average molecular weight is 514 g/mol. The van der Waals surface area contributed by atoms with Gasteiger partial charge in [0.2, 0.25) is 0 Å². The Labute approximate surface area is 221 Å². The lowest BCUT2D eigenvalue weighted by Crippen LogP contribution is -2.38. The molecular weight excluding hydrogens is 482 g/mol. The number of aromatic nitrogens is 1. The molecule has 2 amide bonds. The van der Waals surface area contributed by atoms with Gasteiger partial charge in [-0.25, -0.2) is 4.79 Å². The number of carbonyl (C=O) groups is 1. The van der Waals surface area contributed by atoms with Crippen LogP contribution < -0.4 is 14.8 Å². The van der Waals surface area contributed by atoms with E-state index in [9.17, 15) is 4.79 Å². The summed E-state index contributed by atoms with van der Waals surface area (Å²) in [6, 6.07) is 17.8. The van der Waals surface area contributed by atoms with E-state index in [1.54, 1.807) is 20.3 Å². The van der Waals surface area contributed by atoms with Gasteiger partial charge in [0.15, 0.2) is 0 Å². The molecule has 0 spiro atoms. The van der Waals surface area contributed by atoms with Crippen LogP contribution in [0.3, 0.4) is 0 Å². The van der Waals surface area contributed by atoms with Gasteiger partial charge in [0.1, 0.15) is 16.5 Å². The highest BCUT2D eigenvalue weighted by Crippen LogP contribution is 2.44. The lowest BCUT2D eigenvalue weighted by Gasteiger charge is -2.31. The molecule has 6 nitrogen and oxygen atoms in total. The summed E-state index contributed by atoms with van der Waals surface area (Å²) in [7, 11) is 3.22. The SMILES string of the molecule is COc1ccc(NC(=O)N2Cc3c(sc4c3CCCC4)-n3cccc3C2c2ccc(C)cc2)c(OC)c1. The van der Waals surface area contributed by atoms with Crippen LogP contribution in [0.25, 0.3) is 5.00 Å². The Hall–Kier alpha value is -3.71. The minimum atomic E-state index is -0.237. The van der Waals surface area contributed by atoms with E-state index in [0.717, 1.165) is 24.1 Å². The van der Waals surface area contributed by atoms with Gasteiger partial charge >= 0.3 is 6.03 Å². The first-order valence-corrected chi connectivity index (χ1v) is 13.6. The van der Waals surface area contributed by atoms with E-state index in [1.807, 2.05) is 28.4 Å². The highest BCUT2D eigenvalue weighted by Gasteiger charge is 2.36. The number of fused-ring (bicyclic) bond motifs is 5. The van der Waals surface area contributed by atoms with Crippen molar-refractivity contribution in [1.82, 2.24) is 9.47 Å². The summed E-state index contributed by atoms with van der Waals surface area (Å²) in [6.45, 7) is 2.63. The zero-order valence-electron chi connectivity index (χ0n) is 21.4. The number of aryl methyl sites for hydroxylation is 2. The number of nitrogens with zero attached hydrogens (tertiary/aromatic N) is 2. The van der Waals surface area contributed by atoms with Crippen molar-refractivity contribution in [2.75, 3.05) is 19.5 Å². The minimum Gasteiger partial charge on any atom is -0.497 e. The molecule has 4 aromatic rings. The Balaban J connectivity index is 1.47. The zero-order chi connectivity index (χ0) is 25.5. The molecule has 1 N–H and O–H groups in total. The second kappa shape index (κ2) is 9.63. The summed E-state index contributed by atoms with van der Waals surface area (Å²) in [5, 5.41) is 4.40. The van der Waals surface area contributed by atoms with Crippen LogP contribution >= 0.6 is 11.3 Å². The Morgan fingerprint density at radius 2 is 1.81 bits per heavy atom. The molecule has 0 saturated carbocycles. The summed E-state index contributed by atoms with van der Waals surface area (Å²) < 4.78 is 13.2. The number of ether oxygens (including phenoxy) is 2. The quantitative estimate of drug-likeness (QED) is 0.324. The van der Waals surface area contributed by atoms with Crippen LogP contribution in [0.15, 0.2) is 60.8 Å². The predicted octanol–water partition coefficient (Wildman–Crippen LogP) is 6.88. The molecule has 2 aromatic heterocycles. The zero-order valence-corrected chi connectivity index (χ0v) is 22.2. The van der Waals surface area contributed by atoms with Crippen molar-refractivity contribution in [3.05, 3.63) is 93.6 Å².